The maximum absolute atomic E-state index is 13.4. The number of ether oxygens (including phenoxy) is 1. The van der Waals surface area contributed by atoms with Crippen molar-refractivity contribution in [2.75, 3.05) is 0 Å². The fraction of sp³-hybridized carbons (Fsp3) is 0.0870. The van der Waals surface area contributed by atoms with Crippen molar-refractivity contribution in [2.24, 2.45) is 0 Å². The second-order valence-electron chi connectivity index (χ2n) is 6.89. The summed E-state index contributed by atoms with van der Waals surface area (Å²) in [5, 5.41) is 2.16. The number of urea groups is 1. The second kappa shape index (κ2) is 9.19. The molecule has 32 heavy (non-hydrogen) atoms. The molecule has 4 amide bonds. The summed E-state index contributed by atoms with van der Waals surface area (Å²) in [4.78, 5) is 38.4. The van der Waals surface area contributed by atoms with Crippen LogP contribution >= 0.6 is 15.9 Å². The zero-order valence-corrected chi connectivity index (χ0v) is 18.1. The molecule has 1 fully saturated rings. The molecule has 1 aromatic heterocycles. The lowest BCUT2D eigenvalue weighted by molar-refractivity contribution is -0.130. The van der Waals surface area contributed by atoms with E-state index in [1.165, 1.54) is 24.5 Å². The lowest BCUT2D eigenvalue weighted by Crippen LogP contribution is -2.53. The Hall–Kier alpha value is -3.72. The van der Waals surface area contributed by atoms with Crippen LogP contribution in [0.2, 0.25) is 0 Å². The summed E-state index contributed by atoms with van der Waals surface area (Å²) in [7, 11) is 0. The third kappa shape index (κ3) is 4.78. The second-order valence-corrected chi connectivity index (χ2v) is 7.80. The minimum absolute atomic E-state index is 0.0822. The smallest absolute Gasteiger partial charge is 0.331 e. The number of hydrogen-bond acceptors (Lipinski definition) is 5. The lowest BCUT2D eigenvalue weighted by atomic mass is 10.1. The SMILES string of the molecule is O=C1NC(=O)N(Cc2ccco2)C(=O)/C1=C/c1cc(Br)ccc1OCc1cccc(F)c1. The summed E-state index contributed by atoms with van der Waals surface area (Å²) in [5.41, 5.74) is 0.819. The molecule has 9 heteroatoms. The molecule has 2 heterocycles. The average Bonchev–Trinajstić information content (AvgIpc) is 3.27. The molecule has 0 atom stereocenters. The molecule has 7 nitrogen and oxygen atoms in total. The molecule has 1 aliphatic rings. The molecule has 0 spiro atoms. The first-order valence-corrected chi connectivity index (χ1v) is 10.3. The highest BCUT2D eigenvalue weighted by Gasteiger charge is 2.36. The van der Waals surface area contributed by atoms with Gasteiger partial charge in [-0.05, 0) is 54.1 Å². The van der Waals surface area contributed by atoms with Crippen molar-refractivity contribution in [2.45, 2.75) is 13.2 Å². The zero-order chi connectivity index (χ0) is 22.7. The molecular weight excluding hydrogens is 483 g/mol. The largest absolute Gasteiger partial charge is 0.488 e. The summed E-state index contributed by atoms with van der Waals surface area (Å²) in [6.07, 6.45) is 2.78. The molecule has 0 bridgehead atoms. The first-order valence-electron chi connectivity index (χ1n) is 9.49. The molecule has 1 saturated heterocycles. The number of carbonyl (C=O) groups is 3. The molecule has 0 radical (unpaired) electrons. The molecule has 2 aromatic carbocycles. The Balaban J connectivity index is 1.62. The molecule has 0 aliphatic carbocycles. The fourth-order valence-corrected chi connectivity index (χ4v) is 3.48. The van der Waals surface area contributed by atoms with Crippen LogP contribution in [0.5, 0.6) is 5.75 Å². The van der Waals surface area contributed by atoms with Crippen LogP contribution in [-0.2, 0) is 22.7 Å². The highest BCUT2D eigenvalue weighted by Crippen LogP contribution is 2.28. The van der Waals surface area contributed by atoms with Crippen LogP contribution < -0.4 is 10.1 Å². The van der Waals surface area contributed by atoms with E-state index in [1.807, 2.05) is 0 Å². The van der Waals surface area contributed by atoms with Gasteiger partial charge in [-0.25, -0.2) is 9.18 Å². The van der Waals surface area contributed by atoms with Crippen molar-refractivity contribution in [3.05, 3.63) is 93.6 Å². The van der Waals surface area contributed by atoms with E-state index in [1.54, 1.807) is 42.5 Å². The van der Waals surface area contributed by atoms with Crippen LogP contribution in [0.3, 0.4) is 0 Å². The molecule has 0 saturated carbocycles. The van der Waals surface area contributed by atoms with Crippen LogP contribution in [0.4, 0.5) is 9.18 Å². The molecule has 162 valence electrons. The third-order valence-electron chi connectivity index (χ3n) is 4.63. The molecule has 3 aromatic rings. The van der Waals surface area contributed by atoms with E-state index in [2.05, 4.69) is 21.2 Å². The number of barbiturate groups is 1. The van der Waals surface area contributed by atoms with Crippen molar-refractivity contribution in [1.29, 1.82) is 0 Å². The first kappa shape index (κ1) is 21.5. The van der Waals surface area contributed by atoms with E-state index in [0.29, 0.717) is 27.1 Å². The number of nitrogens with zero attached hydrogens (tertiary/aromatic N) is 1. The fourth-order valence-electron chi connectivity index (χ4n) is 3.10. The van der Waals surface area contributed by atoms with Gasteiger partial charge < -0.3 is 9.15 Å². The third-order valence-corrected chi connectivity index (χ3v) is 5.13. The number of amides is 4. The molecule has 1 aliphatic heterocycles. The number of furan rings is 1. The van der Waals surface area contributed by atoms with Crippen molar-refractivity contribution >= 4 is 39.9 Å². The monoisotopic (exact) mass is 498 g/mol. The summed E-state index contributed by atoms with van der Waals surface area (Å²) < 4.78 is 25.1. The van der Waals surface area contributed by atoms with E-state index in [-0.39, 0.29) is 24.5 Å². The number of carbonyl (C=O) groups excluding carboxylic acids is 3. The van der Waals surface area contributed by atoms with Crippen LogP contribution in [-0.4, -0.2) is 22.7 Å². The minimum atomic E-state index is -0.828. The number of rotatable bonds is 6. The van der Waals surface area contributed by atoms with Crippen molar-refractivity contribution in [3.63, 3.8) is 0 Å². The van der Waals surface area contributed by atoms with Gasteiger partial charge in [0.05, 0.1) is 12.8 Å². The van der Waals surface area contributed by atoms with Crippen molar-refractivity contribution in [3.8, 4) is 5.75 Å². The predicted molar refractivity (Wildman–Crippen MR) is 116 cm³/mol. The summed E-state index contributed by atoms with van der Waals surface area (Å²) in [5.74, 6) is -1.18. The predicted octanol–water partition coefficient (Wildman–Crippen LogP) is 4.42. The molecule has 1 N–H and O–H groups in total. The highest BCUT2D eigenvalue weighted by molar-refractivity contribution is 9.10. The quantitative estimate of drug-likeness (QED) is 0.401. The van der Waals surface area contributed by atoms with E-state index in [9.17, 15) is 18.8 Å². The van der Waals surface area contributed by atoms with Crippen LogP contribution in [0.15, 0.2) is 75.3 Å². The molecular formula is C23H16BrFN2O5. The van der Waals surface area contributed by atoms with Crippen LogP contribution in [0.1, 0.15) is 16.9 Å². The molecule has 4 rings (SSSR count). The summed E-state index contributed by atoms with van der Waals surface area (Å²) >= 11 is 3.36. The van der Waals surface area contributed by atoms with Gasteiger partial charge in [0, 0.05) is 10.0 Å². The van der Waals surface area contributed by atoms with Gasteiger partial charge >= 0.3 is 6.03 Å². The Bertz CT molecular complexity index is 1220. The Morgan fingerprint density at radius 3 is 2.69 bits per heavy atom. The van der Waals surface area contributed by atoms with Crippen LogP contribution in [0.25, 0.3) is 6.08 Å². The Kier molecular flexibility index (Phi) is 6.18. The van der Waals surface area contributed by atoms with Gasteiger partial charge in [0.25, 0.3) is 11.8 Å². The average molecular weight is 499 g/mol. The van der Waals surface area contributed by atoms with Crippen LogP contribution in [0, 0.1) is 5.82 Å². The lowest BCUT2D eigenvalue weighted by Gasteiger charge is -2.25. The van der Waals surface area contributed by atoms with Gasteiger partial charge in [0.2, 0.25) is 0 Å². The minimum Gasteiger partial charge on any atom is -0.488 e. The first-order chi connectivity index (χ1) is 15.4. The summed E-state index contributed by atoms with van der Waals surface area (Å²) in [6.45, 7) is -0.0392. The number of nitrogens with one attached hydrogen (secondary N) is 1. The highest BCUT2D eigenvalue weighted by atomic mass is 79.9. The molecule has 0 unspecified atom stereocenters. The normalized spacial score (nSPS) is 15.2. The number of hydrogen-bond donors (Lipinski definition) is 1. The van der Waals surface area contributed by atoms with E-state index >= 15 is 0 Å². The maximum atomic E-state index is 13.4. The maximum Gasteiger partial charge on any atom is 0.331 e. The topological polar surface area (TPSA) is 88.9 Å². The van der Waals surface area contributed by atoms with Gasteiger partial charge in [-0.3, -0.25) is 19.8 Å². The van der Waals surface area contributed by atoms with Crippen molar-refractivity contribution < 1.29 is 27.9 Å². The Labute approximate surface area is 190 Å². The summed E-state index contributed by atoms with van der Waals surface area (Å²) in [6, 6.07) is 13.5. The number of benzene rings is 2. The van der Waals surface area contributed by atoms with Gasteiger partial charge in [0.15, 0.2) is 0 Å². The number of halogens is 2. The van der Waals surface area contributed by atoms with E-state index < -0.39 is 17.8 Å². The van der Waals surface area contributed by atoms with E-state index in [0.717, 1.165) is 4.90 Å². The zero-order valence-electron chi connectivity index (χ0n) is 16.5. The Morgan fingerprint density at radius 2 is 1.94 bits per heavy atom. The van der Waals surface area contributed by atoms with E-state index in [4.69, 9.17) is 9.15 Å². The Morgan fingerprint density at radius 1 is 1.09 bits per heavy atom. The standard InChI is InChI=1S/C23H16BrFN2O5/c24-16-6-7-20(32-13-14-3-1-4-17(25)9-14)15(10-16)11-19-21(28)26-23(30)27(22(19)29)12-18-5-2-8-31-18/h1-11H,12-13H2,(H,26,28,30)/b19-11+. The van der Waals surface area contributed by atoms with Gasteiger partial charge in [-0.15, -0.1) is 0 Å². The van der Waals surface area contributed by atoms with Crippen molar-refractivity contribution in [1.82, 2.24) is 10.2 Å². The van der Waals surface area contributed by atoms with Gasteiger partial charge in [-0.2, -0.15) is 0 Å². The number of imide groups is 2. The van der Waals surface area contributed by atoms with Gasteiger partial charge in [-0.1, -0.05) is 28.1 Å². The van der Waals surface area contributed by atoms with Gasteiger partial charge in [0.1, 0.15) is 29.5 Å².